The molecule has 6 nitrogen and oxygen atoms in total. The van der Waals surface area contributed by atoms with Gasteiger partial charge in [-0.15, -0.1) is 0 Å². The molecule has 0 atom stereocenters. The molecule has 0 saturated carbocycles. The largest absolute Gasteiger partial charge is 0.465 e. The number of aromatic nitrogens is 1. The standard InChI is InChI=1S/C16H20N4O2S/c1-3-17-16(23)19-18-9-12-10-20(11-15(21)22-4-2)14-8-6-5-7-13(12)14/h5-10H,3-4,11H2,1-2H3,(H2,17,19,23). The molecule has 0 unspecified atom stereocenters. The van der Waals surface area contributed by atoms with Crippen LogP contribution in [0.15, 0.2) is 35.6 Å². The van der Waals surface area contributed by atoms with Crippen molar-refractivity contribution in [2.24, 2.45) is 5.10 Å². The number of nitrogens with one attached hydrogen (secondary N) is 2. The Morgan fingerprint density at radius 2 is 2.17 bits per heavy atom. The van der Waals surface area contributed by atoms with Crippen LogP contribution in [0.2, 0.25) is 0 Å². The van der Waals surface area contributed by atoms with Crippen molar-refractivity contribution in [1.82, 2.24) is 15.3 Å². The van der Waals surface area contributed by atoms with Gasteiger partial charge in [-0.25, -0.2) is 0 Å². The molecule has 1 aromatic carbocycles. The number of hydrogen-bond acceptors (Lipinski definition) is 4. The number of benzene rings is 1. The van der Waals surface area contributed by atoms with Crippen molar-refractivity contribution >= 4 is 40.4 Å². The lowest BCUT2D eigenvalue weighted by atomic mass is 10.2. The maximum atomic E-state index is 11.7. The molecule has 23 heavy (non-hydrogen) atoms. The normalized spacial score (nSPS) is 10.9. The van der Waals surface area contributed by atoms with Gasteiger partial charge in [-0.2, -0.15) is 5.10 Å². The number of hydrazone groups is 1. The van der Waals surface area contributed by atoms with Crippen molar-refractivity contribution in [1.29, 1.82) is 0 Å². The molecule has 0 radical (unpaired) electrons. The van der Waals surface area contributed by atoms with E-state index in [0.717, 1.165) is 23.0 Å². The highest BCUT2D eigenvalue weighted by Gasteiger charge is 2.10. The van der Waals surface area contributed by atoms with Crippen molar-refractivity contribution < 1.29 is 9.53 Å². The van der Waals surface area contributed by atoms with E-state index in [1.165, 1.54) is 0 Å². The van der Waals surface area contributed by atoms with Crippen LogP contribution in [0, 0.1) is 0 Å². The summed E-state index contributed by atoms with van der Waals surface area (Å²) >= 11 is 5.05. The Labute approximate surface area is 140 Å². The van der Waals surface area contributed by atoms with E-state index in [1.807, 2.05) is 42.0 Å². The molecule has 2 N–H and O–H groups in total. The molecule has 1 aromatic heterocycles. The molecular formula is C16H20N4O2S. The Kier molecular flexibility index (Phi) is 6.10. The molecule has 2 aromatic rings. The molecule has 0 saturated heterocycles. The van der Waals surface area contributed by atoms with E-state index in [2.05, 4.69) is 15.8 Å². The lowest BCUT2D eigenvalue weighted by Crippen LogP contribution is -2.31. The molecule has 0 amide bonds. The SMILES string of the molecule is CCNC(=S)NN=Cc1cn(CC(=O)OCC)c2ccccc12. The molecule has 0 aliphatic heterocycles. The third-order valence-electron chi connectivity index (χ3n) is 3.13. The van der Waals surface area contributed by atoms with Gasteiger partial charge in [0.05, 0.1) is 12.8 Å². The number of esters is 1. The zero-order valence-corrected chi connectivity index (χ0v) is 14.0. The third-order valence-corrected chi connectivity index (χ3v) is 3.37. The summed E-state index contributed by atoms with van der Waals surface area (Å²) in [5.41, 5.74) is 4.61. The van der Waals surface area contributed by atoms with E-state index in [1.54, 1.807) is 13.1 Å². The van der Waals surface area contributed by atoms with E-state index in [9.17, 15) is 4.79 Å². The summed E-state index contributed by atoms with van der Waals surface area (Å²) < 4.78 is 6.87. The molecule has 122 valence electrons. The zero-order valence-electron chi connectivity index (χ0n) is 13.2. The first-order valence-electron chi connectivity index (χ1n) is 7.46. The Morgan fingerprint density at radius 3 is 2.91 bits per heavy atom. The van der Waals surface area contributed by atoms with Crippen molar-refractivity contribution in [3.05, 3.63) is 36.0 Å². The van der Waals surface area contributed by atoms with Crippen molar-refractivity contribution in [2.75, 3.05) is 13.2 Å². The van der Waals surface area contributed by atoms with Crippen LogP contribution < -0.4 is 10.7 Å². The van der Waals surface area contributed by atoms with Gasteiger partial charge in [0.1, 0.15) is 6.54 Å². The molecule has 0 bridgehead atoms. The first kappa shape index (κ1) is 17.0. The number of ether oxygens (including phenoxy) is 1. The van der Waals surface area contributed by atoms with Crippen LogP contribution in [0.3, 0.4) is 0 Å². The van der Waals surface area contributed by atoms with Crippen LogP contribution in [0.5, 0.6) is 0 Å². The van der Waals surface area contributed by atoms with Gasteiger partial charge in [0, 0.05) is 29.2 Å². The second-order valence-electron chi connectivity index (χ2n) is 4.76. The number of thiocarbonyl (C=S) groups is 1. The van der Waals surface area contributed by atoms with Crippen LogP contribution in [0.1, 0.15) is 19.4 Å². The van der Waals surface area contributed by atoms with Gasteiger partial charge in [0.2, 0.25) is 0 Å². The summed E-state index contributed by atoms with van der Waals surface area (Å²) in [4.78, 5) is 11.7. The van der Waals surface area contributed by atoms with E-state index in [4.69, 9.17) is 17.0 Å². The maximum absolute atomic E-state index is 11.7. The van der Waals surface area contributed by atoms with Crippen molar-refractivity contribution in [3.63, 3.8) is 0 Å². The van der Waals surface area contributed by atoms with Gasteiger partial charge in [-0.3, -0.25) is 10.2 Å². The predicted octanol–water partition coefficient (Wildman–Crippen LogP) is 2.02. The maximum Gasteiger partial charge on any atom is 0.325 e. The van der Waals surface area contributed by atoms with Gasteiger partial charge in [-0.1, -0.05) is 18.2 Å². The minimum absolute atomic E-state index is 0.172. The smallest absolute Gasteiger partial charge is 0.325 e. The summed E-state index contributed by atoms with van der Waals surface area (Å²) in [6.45, 7) is 5.03. The number of carbonyl (C=O) groups is 1. The zero-order chi connectivity index (χ0) is 16.7. The van der Waals surface area contributed by atoms with Crippen LogP contribution >= 0.6 is 12.2 Å². The van der Waals surface area contributed by atoms with Crippen molar-refractivity contribution in [3.8, 4) is 0 Å². The fraction of sp³-hybridized carbons (Fsp3) is 0.312. The number of nitrogens with zero attached hydrogens (tertiary/aromatic N) is 2. The summed E-state index contributed by atoms with van der Waals surface area (Å²) in [6, 6.07) is 7.83. The quantitative estimate of drug-likeness (QED) is 0.367. The van der Waals surface area contributed by atoms with Crippen LogP contribution in [-0.2, 0) is 16.1 Å². The molecule has 2 rings (SSSR count). The fourth-order valence-corrected chi connectivity index (χ4v) is 2.41. The monoisotopic (exact) mass is 332 g/mol. The Hall–Kier alpha value is -2.41. The Balaban J connectivity index is 2.21. The second kappa shape index (κ2) is 8.28. The molecule has 7 heteroatoms. The number of rotatable bonds is 6. The van der Waals surface area contributed by atoms with Crippen LogP contribution in [0.25, 0.3) is 10.9 Å². The van der Waals surface area contributed by atoms with E-state index >= 15 is 0 Å². The number of fused-ring (bicyclic) bond motifs is 1. The van der Waals surface area contributed by atoms with Crippen LogP contribution in [-0.4, -0.2) is 35.0 Å². The minimum Gasteiger partial charge on any atom is -0.465 e. The molecule has 0 aliphatic rings. The van der Waals surface area contributed by atoms with Gasteiger partial charge in [-0.05, 0) is 32.1 Å². The third kappa shape index (κ3) is 4.53. The number of carbonyl (C=O) groups excluding carboxylic acids is 1. The minimum atomic E-state index is -0.261. The predicted molar refractivity (Wildman–Crippen MR) is 95.6 cm³/mol. The summed E-state index contributed by atoms with van der Waals surface area (Å²) in [6.07, 6.45) is 3.57. The molecule has 0 fully saturated rings. The Bertz CT molecular complexity index is 724. The average molecular weight is 332 g/mol. The second-order valence-corrected chi connectivity index (χ2v) is 5.17. The Morgan fingerprint density at radius 1 is 1.39 bits per heavy atom. The van der Waals surface area contributed by atoms with Gasteiger partial charge < -0.3 is 14.6 Å². The first-order chi connectivity index (χ1) is 11.2. The van der Waals surface area contributed by atoms with E-state index in [0.29, 0.717) is 11.7 Å². The van der Waals surface area contributed by atoms with Gasteiger partial charge in [0.25, 0.3) is 0 Å². The lowest BCUT2D eigenvalue weighted by Gasteiger charge is -2.04. The lowest BCUT2D eigenvalue weighted by molar-refractivity contribution is -0.143. The molecular weight excluding hydrogens is 312 g/mol. The molecule has 0 spiro atoms. The van der Waals surface area contributed by atoms with E-state index < -0.39 is 0 Å². The highest BCUT2D eigenvalue weighted by atomic mass is 32.1. The highest BCUT2D eigenvalue weighted by molar-refractivity contribution is 7.80. The fourth-order valence-electron chi connectivity index (χ4n) is 2.22. The van der Waals surface area contributed by atoms with E-state index in [-0.39, 0.29) is 12.5 Å². The van der Waals surface area contributed by atoms with Crippen molar-refractivity contribution in [2.45, 2.75) is 20.4 Å². The number of hydrogen-bond donors (Lipinski definition) is 2. The van der Waals surface area contributed by atoms with Crippen LogP contribution in [0.4, 0.5) is 0 Å². The first-order valence-corrected chi connectivity index (χ1v) is 7.87. The van der Waals surface area contributed by atoms with Gasteiger partial charge >= 0.3 is 5.97 Å². The topological polar surface area (TPSA) is 67.7 Å². The number of para-hydroxylation sites is 1. The molecule has 0 aliphatic carbocycles. The highest BCUT2D eigenvalue weighted by Crippen LogP contribution is 2.20. The summed E-state index contributed by atoms with van der Waals surface area (Å²) in [5, 5.41) is 8.57. The summed E-state index contributed by atoms with van der Waals surface area (Å²) in [5.74, 6) is -0.261. The summed E-state index contributed by atoms with van der Waals surface area (Å²) in [7, 11) is 0. The average Bonchev–Trinajstić information content (AvgIpc) is 2.86. The molecule has 1 heterocycles. The van der Waals surface area contributed by atoms with Gasteiger partial charge in [0.15, 0.2) is 5.11 Å².